The van der Waals surface area contributed by atoms with Gasteiger partial charge in [-0.25, -0.2) is 4.21 Å². The molecule has 2 aromatic carbocycles. The van der Waals surface area contributed by atoms with E-state index in [1.54, 1.807) is 19.4 Å². The van der Waals surface area contributed by atoms with E-state index in [-0.39, 0.29) is 18.3 Å². The van der Waals surface area contributed by atoms with Crippen LogP contribution in [-0.2, 0) is 38.8 Å². The number of fused-ring (bicyclic) bond motifs is 3. The average molecular weight is 705 g/mol. The second-order valence-electron chi connectivity index (χ2n) is 13.1. The Morgan fingerprint density at radius 1 is 1.10 bits per heavy atom. The average Bonchev–Trinajstić information content (AvgIpc) is 3.11. The number of nitrogens with one attached hydrogen (secondary N) is 1. The van der Waals surface area contributed by atoms with Crippen molar-refractivity contribution in [3.05, 3.63) is 100 Å². The zero-order valence-corrected chi connectivity index (χ0v) is 29.6. The van der Waals surface area contributed by atoms with Crippen molar-refractivity contribution in [3.63, 3.8) is 0 Å². The number of pyridine rings is 1. The molecule has 0 saturated heterocycles. The number of nitrogens with zero attached hydrogens (tertiary/aromatic N) is 3. The van der Waals surface area contributed by atoms with E-state index in [1.807, 2.05) is 36.4 Å². The summed E-state index contributed by atoms with van der Waals surface area (Å²) >= 11 is 6.45. The lowest BCUT2D eigenvalue weighted by Crippen LogP contribution is -2.43. The zero-order valence-electron chi connectivity index (χ0n) is 28.0. The Morgan fingerprint density at radius 3 is 2.80 bits per heavy atom. The summed E-state index contributed by atoms with van der Waals surface area (Å²) in [4.78, 5) is 33.5. The van der Waals surface area contributed by atoms with Crippen molar-refractivity contribution in [2.75, 3.05) is 30.9 Å². The number of aromatic nitrogens is 1. The second kappa shape index (κ2) is 16.3. The van der Waals surface area contributed by atoms with E-state index < -0.39 is 21.7 Å². The van der Waals surface area contributed by atoms with Crippen LogP contribution in [0.15, 0.2) is 77.3 Å². The molecule has 49 heavy (non-hydrogen) atoms. The molecule has 9 nitrogen and oxygen atoms in total. The van der Waals surface area contributed by atoms with Crippen LogP contribution in [0.1, 0.15) is 72.1 Å². The summed E-state index contributed by atoms with van der Waals surface area (Å²) in [6, 6.07) is 16.9. The SMILES string of the molecule is CO[C@H]1/C=C/CCCS(=O)(NC(=O)CCc2ccccn2)=NC(=O)c2ccc3c(c2)N(Cc2ccc(Cl)cc2CCCCO3)C[C@@H]2CC[C@H]21. The van der Waals surface area contributed by atoms with Crippen LogP contribution in [0.5, 0.6) is 5.75 Å². The van der Waals surface area contributed by atoms with Crippen molar-refractivity contribution in [2.45, 2.75) is 70.4 Å². The molecule has 2 amide bonds. The van der Waals surface area contributed by atoms with Crippen LogP contribution in [0.2, 0.25) is 5.02 Å². The van der Waals surface area contributed by atoms with Crippen molar-refractivity contribution >= 4 is 39.0 Å². The van der Waals surface area contributed by atoms with Gasteiger partial charge in [0.15, 0.2) is 0 Å². The topological polar surface area (TPSA) is 110 Å². The molecular formula is C38H45ClN4O5S. The summed E-state index contributed by atoms with van der Waals surface area (Å²) in [6.07, 6.45) is 12.2. The maximum absolute atomic E-state index is 14.2. The minimum atomic E-state index is -3.42. The van der Waals surface area contributed by atoms with Crippen LogP contribution >= 0.6 is 11.6 Å². The molecule has 4 atom stereocenters. The molecule has 0 spiro atoms. The normalized spacial score (nSPS) is 25.2. The highest BCUT2D eigenvalue weighted by Crippen LogP contribution is 2.42. The number of hydrogen-bond donors (Lipinski definition) is 1. The first-order valence-corrected chi connectivity index (χ1v) is 19.3. The van der Waals surface area contributed by atoms with E-state index in [0.29, 0.717) is 60.6 Å². The van der Waals surface area contributed by atoms with Gasteiger partial charge in [0.2, 0.25) is 5.91 Å². The Labute approximate surface area is 294 Å². The van der Waals surface area contributed by atoms with Gasteiger partial charge < -0.3 is 14.4 Å². The van der Waals surface area contributed by atoms with Gasteiger partial charge >= 0.3 is 0 Å². The number of amides is 2. The fourth-order valence-electron chi connectivity index (χ4n) is 6.94. The van der Waals surface area contributed by atoms with Crippen LogP contribution in [-0.4, -0.2) is 53.1 Å². The highest BCUT2D eigenvalue weighted by atomic mass is 35.5. The summed E-state index contributed by atoms with van der Waals surface area (Å²) in [5.74, 6) is 0.374. The van der Waals surface area contributed by atoms with Gasteiger partial charge in [0.1, 0.15) is 15.7 Å². The highest BCUT2D eigenvalue weighted by molar-refractivity contribution is 7.92. The van der Waals surface area contributed by atoms with E-state index in [1.165, 1.54) is 11.1 Å². The van der Waals surface area contributed by atoms with Gasteiger partial charge in [0.25, 0.3) is 5.91 Å². The zero-order chi connectivity index (χ0) is 34.2. The fourth-order valence-corrected chi connectivity index (χ4v) is 8.76. The molecule has 3 aliphatic rings. The monoisotopic (exact) mass is 704 g/mol. The molecule has 3 heterocycles. The third-order valence-corrected chi connectivity index (χ3v) is 11.8. The van der Waals surface area contributed by atoms with Gasteiger partial charge in [0.05, 0.1) is 24.2 Å². The van der Waals surface area contributed by atoms with Gasteiger partial charge in [-0.15, -0.1) is 4.36 Å². The number of anilines is 1. The molecule has 1 aliphatic carbocycles. The lowest BCUT2D eigenvalue weighted by Gasteiger charge is -2.43. The molecule has 0 radical (unpaired) electrons. The van der Waals surface area contributed by atoms with Crippen LogP contribution in [0, 0.1) is 11.8 Å². The molecule has 1 unspecified atom stereocenters. The molecule has 1 fully saturated rings. The van der Waals surface area contributed by atoms with Crippen molar-refractivity contribution in [1.82, 2.24) is 9.71 Å². The van der Waals surface area contributed by atoms with Gasteiger partial charge in [-0.05, 0) is 117 Å². The van der Waals surface area contributed by atoms with Crippen LogP contribution in [0.4, 0.5) is 5.69 Å². The largest absolute Gasteiger partial charge is 0.491 e. The Morgan fingerprint density at radius 2 is 2.00 bits per heavy atom. The van der Waals surface area contributed by atoms with E-state index in [0.717, 1.165) is 50.0 Å². The number of hydrogen-bond acceptors (Lipinski definition) is 7. The molecule has 2 aliphatic heterocycles. The summed E-state index contributed by atoms with van der Waals surface area (Å²) < 4.78 is 33.4. The van der Waals surface area contributed by atoms with Crippen LogP contribution in [0.3, 0.4) is 0 Å². The van der Waals surface area contributed by atoms with E-state index in [2.05, 4.69) is 43.3 Å². The maximum atomic E-state index is 14.2. The van der Waals surface area contributed by atoms with Crippen LogP contribution in [0.25, 0.3) is 0 Å². The number of carbonyl (C=O) groups is 2. The Hall–Kier alpha value is -3.73. The molecule has 1 saturated carbocycles. The second-order valence-corrected chi connectivity index (χ2v) is 15.7. The Bertz CT molecular complexity index is 1790. The smallest absolute Gasteiger partial charge is 0.286 e. The number of ether oxygens (including phenoxy) is 2. The molecule has 260 valence electrons. The lowest BCUT2D eigenvalue weighted by molar-refractivity contribution is -0.119. The first-order valence-electron chi connectivity index (χ1n) is 17.3. The molecule has 11 heteroatoms. The molecule has 1 N–H and O–H groups in total. The summed E-state index contributed by atoms with van der Waals surface area (Å²) in [5, 5.41) is 0.717. The Balaban J connectivity index is 1.38. The third-order valence-electron chi connectivity index (χ3n) is 9.76. The molecule has 6 rings (SSSR count). The van der Waals surface area contributed by atoms with Crippen molar-refractivity contribution < 1.29 is 23.3 Å². The number of allylic oxidation sites excluding steroid dienone is 1. The standard InChI is InChI=1S/C38H45ClN4O5S/c1-47-35-11-3-2-8-22-49(46,41-37(44)19-16-32-10-4-6-20-40-32)42-38(45)28-14-18-36-34(24-28)43(26-30-13-17-33(30)35)25-29-12-15-31(39)23-27(29)9-5-7-21-48-36/h3-4,6,10-12,14-15,18,20,23-24,30,33,35H,2,5,7-9,13,16-17,19,21-22,25-26H2,1H3,(H,41,42,44,45,46)/b11-3+/t30-,33+,35-,49?/m0/s1. The quantitative estimate of drug-likeness (QED) is 0.282. The minimum absolute atomic E-state index is 0.0433. The van der Waals surface area contributed by atoms with Gasteiger partial charge in [0, 0.05) is 49.1 Å². The van der Waals surface area contributed by atoms with E-state index >= 15 is 0 Å². The number of aryl methyl sites for hydroxylation is 2. The summed E-state index contributed by atoms with van der Waals surface area (Å²) in [5.41, 5.74) is 4.24. The maximum Gasteiger partial charge on any atom is 0.286 e. The third kappa shape index (κ3) is 9.09. The predicted octanol–water partition coefficient (Wildman–Crippen LogP) is 7.12. The number of halogens is 1. The molecule has 1 aromatic heterocycles. The molecular weight excluding hydrogens is 660 g/mol. The molecule has 3 aromatic rings. The fraction of sp³-hybridized carbons (Fsp3) is 0.447. The summed E-state index contributed by atoms with van der Waals surface area (Å²) in [6.45, 7) is 1.89. The highest BCUT2D eigenvalue weighted by Gasteiger charge is 2.38. The first kappa shape index (κ1) is 35.1. The van der Waals surface area contributed by atoms with E-state index in [4.69, 9.17) is 21.1 Å². The number of carbonyl (C=O) groups excluding carboxylic acids is 2. The number of methoxy groups -OCH3 is 1. The molecule has 2 bridgehead atoms. The van der Waals surface area contributed by atoms with Gasteiger partial charge in [-0.3, -0.25) is 19.3 Å². The van der Waals surface area contributed by atoms with Crippen molar-refractivity contribution in [3.8, 4) is 5.75 Å². The predicted molar refractivity (Wildman–Crippen MR) is 193 cm³/mol. The number of rotatable bonds is 5. The van der Waals surface area contributed by atoms with Gasteiger partial charge in [-0.2, -0.15) is 0 Å². The van der Waals surface area contributed by atoms with Gasteiger partial charge in [-0.1, -0.05) is 35.9 Å². The minimum Gasteiger partial charge on any atom is -0.491 e. The number of benzene rings is 2. The van der Waals surface area contributed by atoms with Crippen LogP contribution < -0.4 is 14.4 Å². The Kier molecular flexibility index (Phi) is 11.7. The first-order chi connectivity index (χ1) is 23.8. The van der Waals surface area contributed by atoms with E-state index in [9.17, 15) is 13.8 Å². The summed E-state index contributed by atoms with van der Waals surface area (Å²) in [7, 11) is -1.67. The van der Waals surface area contributed by atoms with Crippen molar-refractivity contribution in [1.29, 1.82) is 0 Å². The lowest BCUT2D eigenvalue weighted by atomic mass is 9.70. The van der Waals surface area contributed by atoms with Crippen molar-refractivity contribution in [2.24, 2.45) is 16.2 Å².